The van der Waals surface area contributed by atoms with Gasteiger partial charge in [-0.2, -0.15) is 0 Å². The first kappa shape index (κ1) is 8.79. The fourth-order valence-electron chi connectivity index (χ4n) is 0.879. The second-order valence-corrected chi connectivity index (χ2v) is 2.25. The van der Waals surface area contributed by atoms with Crippen molar-refractivity contribution in [2.75, 3.05) is 0 Å². The first-order valence-electron chi connectivity index (χ1n) is 3.27. The summed E-state index contributed by atoms with van der Waals surface area (Å²) in [5.74, 6) is 1.66. The second kappa shape index (κ2) is 3.39. The van der Waals surface area contributed by atoms with E-state index >= 15 is 0 Å². The van der Waals surface area contributed by atoms with Crippen molar-refractivity contribution in [3.05, 3.63) is 29.6 Å². The van der Waals surface area contributed by atoms with E-state index in [1.807, 2.05) is 0 Å². The summed E-state index contributed by atoms with van der Waals surface area (Å²) in [4.78, 5) is 0. The maximum atomic E-state index is 12.5. The van der Waals surface area contributed by atoms with E-state index in [9.17, 15) is 4.39 Å². The fraction of sp³-hybridized carbons (Fsp3) is 0. The van der Waals surface area contributed by atoms with Gasteiger partial charge >= 0.3 is 7.12 Å². The number of halogens is 1. The van der Waals surface area contributed by atoms with Crippen LogP contribution in [-0.4, -0.2) is 17.2 Å². The Morgan fingerprint density at radius 2 is 2.08 bits per heavy atom. The van der Waals surface area contributed by atoms with Crippen LogP contribution >= 0.6 is 0 Å². The lowest BCUT2D eigenvalue weighted by molar-refractivity contribution is 0.425. The quantitative estimate of drug-likeness (QED) is 0.433. The van der Waals surface area contributed by atoms with Crippen LogP contribution in [-0.2, 0) is 0 Å². The van der Waals surface area contributed by atoms with E-state index in [4.69, 9.17) is 16.5 Å². The van der Waals surface area contributed by atoms with Gasteiger partial charge in [-0.15, -0.1) is 6.42 Å². The molecule has 0 amide bonds. The summed E-state index contributed by atoms with van der Waals surface area (Å²) in [5.41, 5.74) is 0.295. The van der Waals surface area contributed by atoms with Crippen LogP contribution in [0.3, 0.4) is 0 Å². The number of benzene rings is 1. The van der Waals surface area contributed by atoms with Crippen LogP contribution in [0.5, 0.6) is 0 Å². The highest BCUT2D eigenvalue weighted by molar-refractivity contribution is 6.59. The summed E-state index contributed by atoms with van der Waals surface area (Å²) in [6, 6.07) is 3.44. The van der Waals surface area contributed by atoms with Crippen LogP contribution in [0.1, 0.15) is 5.56 Å². The third-order valence-electron chi connectivity index (χ3n) is 1.45. The van der Waals surface area contributed by atoms with Crippen molar-refractivity contribution in [3.63, 3.8) is 0 Å². The molecule has 60 valence electrons. The lowest BCUT2D eigenvalue weighted by atomic mass is 9.77. The molecular weight excluding hydrogens is 158 g/mol. The predicted molar refractivity (Wildman–Crippen MR) is 44.2 cm³/mol. The third-order valence-corrected chi connectivity index (χ3v) is 1.45. The van der Waals surface area contributed by atoms with Gasteiger partial charge in [0.1, 0.15) is 5.82 Å². The minimum absolute atomic E-state index is 0.138. The standard InChI is InChI=1S/C8H6BFO2/c1-2-6-5-7(10)3-4-8(6)9(11)12/h1,3-5,11-12H. The van der Waals surface area contributed by atoms with Gasteiger partial charge in [-0.05, 0) is 17.6 Å². The SMILES string of the molecule is C#Cc1cc(F)ccc1B(O)O. The minimum atomic E-state index is -1.66. The lowest BCUT2D eigenvalue weighted by Gasteiger charge is -2.01. The van der Waals surface area contributed by atoms with Gasteiger partial charge in [-0.1, -0.05) is 12.0 Å². The second-order valence-electron chi connectivity index (χ2n) is 2.25. The Morgan fingerprint density at radius 1 is 1.42 bits per heavy atom. The maximum absolute atomic E-state index is 12.5. The van der Waals surface area contributed by atoms with Crippen molar-refractivity contribution in [2.45, 2.75) is 0 Å². The molecule has 0 aliphatic carbocycles. The average molecular weight is 164 g/mol. The Kier molecular flexibility index (Phi) is 2.49. The van der Waals surface area contributed by atoms with Gasteiger partial charge in [-0.25, -0.2) is 4.39 Å². The first-order chi connectivity index (χ1) is 5.65. The summed E-state index contributed by atoms with van der Waals surface area (Å²) >= 11 is 0. The topological polar surface area (TPSA) is 40.5 Å². The molecule has 0 saturated heterocycles. The summed E-state index contributed by atoms with van der Waals surface area (Å²) in [7, 11) is -1.66. The third kappa shape index (κ3) is 1.64. The van der Waals surface area contributed by atoms with Crippen LogP contribution in [0.25, 0.3) is 0 Å². The molecule has 2 N–H and O–H groups in total. The molecule has 0 heterocycles. The molecule has 4 heteroatoms. The molecule has 0 atom stereocenters. The van der Waals surface area contributed by atoms with Crippen molar-refractivity contribution >= 4 is 12.6 Å². The average Bonchev–Trinajstić information content (AvgIpc) is 2.03. The van der Waals surface area contributed by atoms with Crippen LogP contribution in [0, 0.1) is 18.2 Å². The van der Waals surface area contributed by atoms with Crippen LogP contribution in [0.15, 0.2) is 18.2 Å². The van der Waals surface area contributed by atoms with Gasteiger partial charge in [0.2, 0.25) is 0 Å². The van der Waals surface area contributed by atoms with Crippen molar-refractivity contribution in [2.24, 2.45) is 0 Å². The molecule has 0 aromatic heterocycles. The number of hydrogen-bond acceptors (Lipinski definition) is 2. The number of hydrogen-bond donors (Lipinski definition) is 2. The molecule has 0 bridgehead atoms. The van der Waals surface area contributed by atoms with Crippen molar-refractivity contribution in [1.29, 1.82) is 0 Å². The molecule has 1 rings (SSSR count). The molecule has 2 nitrogen and oxygen atoms in total. The highest BCUT2D eigenvalue weighted by Crippen LogP contribution is 1.99. The van der Waals surface area contributed by atoms with Crippen LogP contribution in [0.4, 0.5) is 4.39 Å². The number of rotatable bonds is 1. The molecular formula is C8H6BFO2. The largest absolute Gasteiger partial charge is 0.489 e. The lowest BCUT2D eigenvalue weighted by Crippen LogP contribution is -2.32. The molecule has 0 unspecified atom stereocenters. The Labute approximate surface area is 69.8 Å². The molecule has 12 heavy (non-hydrogen) atoms. The Balaban J connectivity index is 3.23. The molecule has 0 aliphatic heterocycles. The molecule has 0 aliphatic rings. The summed E-state index contributed by atoms with van der Waals surface area (Å²) < 4.78 is 12.5. The summed E-state index contributed by atoms with van der Waals surface area (Å²) in [6.07, 6.45) is 5.02. The van der Waals surface area contributed by atoms with E-state index in [2.05, 4.69) is 5.92 Å². The van der Waals surface area contributed by atoms with E-state index in [-0.39, 0.29) is 11.0 Å². The van der Waals surface area contributed by atoms with E-state index in [0.29, 0.717) is 0 Å². The van der Waals surface area contributed by atoms with Gasteiger partial charge in [-0.3, -0.25) is 0 Å². The van der Waals surface area contributed by atoms with E-state index < -0.39 is 12.9 Å². The highest BCUT2D eigenvalue weighted by Gasteiger charge is 2.14. The van der Waals surface area contributed by atoms with Gasteiger partial charge < -0.3 is 10.0 Å². The molecule has 0 spiro atoms. The predicted octanol–water partition coefficient (Wildman–Crippen LogP) is -0.513. The smallest absolute Gasteiger partial charge is 0.423 e. The van der Waals surface area contributed by atoms with Gasteiger partial charge in [0.05, 0.1) is 0 Å². The summed E-state index contributed by atoms with van der Waals surface area (Å²) in [5, 5.41) is 17.5. The van der Waals surface area contributed by atoms with Gasteiger partial charge in [0.25, 0.3) is 0 Å². The van der Waals surface area contributed by atoms with E-state index in [0.717, 1.165) is 12.1 Å². The highest BCUT2D eigenvalue weighted by atomic mass is 19.1. The van der Waals surface area contributed by atoms with Crippen molar-refractivity contribution in [3.8, 4) is 12.3 Å². The van der Waals surface area contributed by atoms with Crippen molar-refractivity contribution < 1.29 is 14.4 Å². The zero-order valence-corrected chi connectivity index (χ0v) is 6.16. The molecule has 0 fully saturated rings. The zero-order valence-electron chi connectivity index (χ0n) is 6.16. The Hall–Kier alpha value is -1.31. The first-order valence-corrected chi connectivity index (χ1v) is 3.27. The normalized spacial score (nSPS) is 9.17. The fourth-order valence-corrected chi connectivity index (χ4v) is 0.879. The van der Waals surface area contributed by atoms with E-state index in [1.165, 1.54) is 6.07 Å². The van der Waals surface area contributed by atoms with Crippen LogP contribution < -0.4 is 5.46 Å². The maximum Gasteiger partial charge on any atom is 0.489 e. The van der Waals surface area contributed by atoms with Gasteiger partial charge in [0, 0.05) is 5.56 Å². The van der Waals surface area contributed by atoms with Gasteiger partial charge in [0.15, 0.2) is 0 Å². The van der Waals surface area contributed by atoms with Crippen molar-refractivity contribution in [1.82, 2.24) is 0 Å². The monoisotopic (exact) mass is 164 g/mol. The molecule has 0 saturated carbocycles. The zero-order chi connectivity index (χ0) is 9.14. The van der Waals surface area contributed by atoms with Crippen LogP contribution in [0.2, 0.25) is 0 Å². The summed E-state index contributed by atoms with van der Waals surface area (Å²) in [6.45, 7) is 0. The molecule has 0 radical (unpaired) electrons. The number of terminal acetylenes is 1. The molecule has 1 aromatic rings. The van der Waals surface area contributed by atoms with E-state index in [1.54, 1.807) is 0 Å². The Bertz CT molecular complexity index is 330. The molecule has 1 aromatic carbocycles. The Morgan fingerprint density at radius 3 is 2.58 bits per heavy atom. The minimum Gasteiger partial charge on any atom is -0.423 e.